The Morgan fingerprint density at radius 3 is 3.15 bits per heavy atom. The molecule has 13 heavy (non-hydrogen) atoms. The van der Waals surface area contributed by atoms with E-state index < -0.39 is 0 Å². The van der Waals surface area contributed by atoms with Gasteiger partial charge in [0.1, 0.15) is 5.00 Å². The normalized spacial score (nSPS) is 10.2. The molecule has 0 radical (unpaired) electrons. The fraction of sp³-hybridized carbons (Fsp3) is 0.286. The zero-order chi connectivity index (χ0) is 9.10. The van der Waals surface area contributed by atoms with Gasteiger partial charge in [-0.2, -0.15) is 0 Å². The van der Waals surface area contributed by atoms with Crippen LogP contribution in [-0.4, -0.2) is 14.7 Å². The lowest BCUT2D eigenvalue weighted by molar-refractivity contribution is 0.384. The SMILES string of the molecule is Cc1cc(CNc2cnns2)on1. The molecule has 68 valence electrons. The monoisotopic (exact) mass is 196 g/mol. The third-order valence-electron chi connectivity index (χ3n) is 1.47. The van der Waals surface area contributed by atoms with E-state index in [9.17, 15) is 0 Å². The molecule has 1 N–H and O–H groups in total. The summed E-state index contributed by atoms with van der Waals surface area (Å²) in [5.41, 5.74) is 0.888. The van der Waals surface area contributed by atoms with E-state index in [0.29, 0.717) is 6.54 Å². The largest absolute Gasteiger partial charge is 0.367 e. The van der Waals surface area contributed by atoms with E-state index in [1.165, 1.54) is 11.5 Å². The Balaban J connectivity index is 1.93. The first-order valence-corrected chi connectivity index (χ1v) is 4.55. The van der Waals surface area contributed by atoms with Gasteiger partial charge in [0.05, 0.1) is 18.4 Å². The van der Waals surface area contributed by atoms with Crippen LogP contribution in [0.25, 0.3) is 0 Å². The molecule has 2 aromatic rings. The number of nitrogens with zero attached hydrogens (tertiary/aromatic N) is 3. The first-order valence-electron chi connectivity index (χ1n) is 3.78. The molecule has 2 heterocycles. The first-order chi connectivity index (χ1) is 6.34. The van der Waals surface area contributed by atoms with E-state index in [4.69, 9.17) is 4.52 Å². The highest BCUT2D eigenvalue weighted by atomic mass is 32.1. The highest BCUT2D eigenvalue weighted by Gasteiger charge is 2.00. The van der Waals surface area contributed by atoms with Gasteiger partial charge in [0.15, 0.2) is 5.76 Å². The van der Waals surface area contributed by atoms with E-state index >= 15 is 0 Å². The minimum Gasteiger partial charge on any atom is -0.367 e. The molecule has 0 aliphatic carbocycles. The van der Waals surface area contributed by atoms with Crippen molar-refractivity contribution in [1.29, 1.82) is 0 Å². The van der Waals surface area contributed by atoms with Crippen molar-refractivity contribution in [1.82, 2.24) is 14.7 Å². The van der Waals surface area contributed by atoms with Crippen molar-refractivity contribution in [3.8, 4) is 0 Å². The van der Waals surface area contributed by atoms with E-state index in [1.54, 1.807) is 6.20 Å². The van der Waals surface area contributed by atoms with E-state index in [-0.39, 0.29) is 0 Å². The van der Waals surface area contributed by atoms with Crippen LogP contribution in [0, 0.1) is 6.92 Å². The van der Waals surface area contributed by atoms with Crippen molar-refractivity contribution < 1.29 is 4.52 Å². The van der Waals surface area contributed by atoms with Crippen molar-refractivity contribution in [2.45, 2.75) is 13.5 Å². The number of rotatable bonds is 3. The maximum atomic E-state index is 5.01. The molecule has 0 amide bonds. The molecule has 0 bridgehead atoms. The molecule has 0 saturated heterocycles. The Morgan fingerprint density at radius 1 is 1.62 bits per heavy atom. The van der Waals surface area contributed by atoms with Crippen LogP contribution in [0.15, 0.2) is 16.8 Å². The second kappa shape index (κ2) is 3.53. The molecule has 0 spiro atoms. The number of aryl methyl sites for hydroxylation is 1. The second-order valence-corrected chi connectivity index (χ2v) is 3.36. The predicted octanol–water partition coefficient (Wildman–Crippen LogP) is 1.45. The van der Waals surface area contributed by atoms with Crippen molar-refractivity contribution in [2.75, 3.05) is 5.32 Å². The molecule has 0 aromatic carbocycles. The summed E-state index contributed by atoms with van der Waals surface area (Å²) < 4.78 is 8.74. The van der Waals surface area contributed by atoms with Gasteiger partial charge in [-0.25, -0.2) is 0 Å². The minimum absolute atomic E-state index is 0.616. The molecule has 0 unspecified atom stereocenters. The Morgan fingerprint density at radius 2 is 2.54 bits per heavy atom. The van der Waals surface area contributed by atoms with Crippen molar-refractivity contribution in [2.24, 2.45) is 0 Å². The summed E-state index contributed by atoms with van der Waals surface area (Å²) in [6.45, 7) is 2.51. The van der Waals surface area contributed by atoms with Crippen LogP contribution < -0.4 is 5.32 Å². The van der Waals surface area contributed by atoms with Crippen LogP contribution >= 0.6 is 11.5 Å². The summed E-state index contributed by atoms with van der Waals surface area (Å²) in [7, 11) is 0. The zero-order valence-electron chi connectivity index (χ0n) is 7.02. The minimum atomic E-state index is 0.616. The Labute approximate surface area is 78.9 Å². The van der Waals surface area contributed by atoms with Gasteiger partial charge >= 0.3 is 0 Å². The third-order valence-corrected chi connectivity index (χ3v) is 2.10. The Kier molecular flexibility index (Phi) is 2.22. The summed E-state index contributed by atoms with van der Waals surface area (Å²) in [6.07, 6.45) is 1.67. The summed E-state index contributed by atoms with van der Waals surface area (Å²) in [6, 6.07) is 1.89. The van der Waals surface area contributed by atoms with Gasteiger partial charge in [0.2, 0.25) is 0 Å². The Bertz CT molecular complexity index is 370. The highest BCUT2D eigenvalue weighted by molar-refractivity contribution is 7.09. The average Bonchev–Trinajstić information content (AvgIpc) is 2.71. The van der Waals surface area contributed by atoms with Gasteiger partial charge in [-0.15, -0.1) is 5.10 Å². The maximum Gasteiger partial charge on any atom is 0.156 e. The second-order valence-electron chi connectivity index (χ2n) is 2.57. The van der Waals surface area contributed by atoms with Crippen molar-refractivity contribution in [3.63, 3.8) is 0 Å². The molecule has 0 aliphatic heterocycles. The fourth-order valence-electron chi connectivity index (χ4n) is 0.919. The highest BCUT2D eigenvalue weighted by Crippen LogP contribution is 2.11. The van der Waals surface area contributed by atoms with Gasteiger partial charge in [-0.1, -0.05) is 9.64 Å². The molecule has 5 nitrogen and oxygen atoms in total. The number of anilines is 1. The van der Waals surface area contributed by atoms with E-state index in [0.717, 1.165) is 16.5 Å². The van der Waals surface area contributed by atoms with E-state index in [1.807, 2.05) is 13.0 Å². The van der Waals surface area contributed by atoms with Gasteiger partial charge in [-0.05, 0) is 6.92 Å². The summed E-state index contributed by atoms with van der Waals surface area (Å²) in [5, 5.41) is 11.5. The third kappa shape index (κ3) is 2.03. The van der Waals surface area contributed by atoms with Gasteiger partial charge in [-0.3, -0.25) is 0 Å². The van der Waals surface area contributed by atoms with Gasteiger partial charge in [0, 0.05) is 17.6 Å². The number of hydrogen-bond donors (Lipinski definition) is 1. The summed E-state index contributed by atoms with van der Waals surface area (Å²) >= 11 is 1.31. The molecule has 0 atom stereocenters. The molecule has 0 aliphatic rings. The molecule has 2 rings (SSSR count). The summed E-state index contributed by atoms with van der Waals surface area (Å²) in [5.74, 6) is 0.811. The number of hydrogen-bond acceptors (Lipinski definition) is 6. The average molecular weight is 196 g/mol. The topological polar surface area (TPSA) is 63.8 Å². The molecule has 0 saturated carbocycles. The lowest BCUT2D eigenvalue weighted by atomic mass is 10.4. The van der Waals surface area contributed by atoms with Crippen LogP contribution in [0.2, 0.25) is 0 Å². The van der Waals surface area contributed by atoms with Crippen LogP contribution in [0.3, 0.4) is 0 Å². The smallest absolute Gasteiger partial charge is 0.156 e. The van der Waals surface area contributed by atoms with Crippen molar-refractivity contribution in [3.05, 3.63) is 23.7 Å². The van der Waals surface area contributed by atoms with Crippen LogP contribution in [0.1, 0.15) is 11.5 Å². The first kappa shape index (κ1) is 8.18. The lowest BCUT2D eigenvalue weighted by Crippen LogP contribution is -1.95. The lowest BCUT2D eigenvalue weighted by Gasteiger charge is -1.95. The Hall–Kier alpha value is -1.43. The fourth-order valence-corrected chi connectivity index (χ4v) is 1.33. The van der Waals surface area contributed by atoms with Crippen LogP contribution in [0.4, 0.5) is 5.00 Å². The number of nitrogens with one attached hydrogen (secondary N) is 1. The molecule has 0 fully saturated rings. The maximum absolute atomic E-state index is 5.01. The molecular weight excluding hydrogens is 188 g/mol. The van der Waals surface area contributed by atoms with Crippen molar-refractivity contribution >= 4 is 16.5 Å². The van der Waals surface area contributed by atoms with E-state index in [2.05, 4.69) is 20.1 Å². The zero-order valence-corrected chi connectivity index (χ0v) is 7.84. The quantitative estimate of drug-likeness (QED) is 0.804. The number of aromatic nitrogens is 3. The predicted molar refractivity (Wildman–Crippen MR) is 48.5 cm³/mol. The molecule has 6 heteroatoms. The molecular formula is C7H8N4OS. The van der Waals surface area contributed by atoms with Gasteiger partial charge < -0.3 is 9.84 Å². The van der Waals surface area contributed by atoms with Crippen LogP contribution in [-0.2, 0) is 6.54 Å². The van der Waals surface area contributed by atoms with Gasteiger partial charge in [0.25, 0.3) is 0 Å². The summed E-state index contributed by atoms with van der Waals surface area (Å²) in [4.78, 5) is 0. The molecule has 2 aromatic heterocycles. The van der Waals surface area contributed by atoms with Crippen LogP contribution in [0.5, 0.6) is 0 Å². The standard InChI is InChI=1S/C7H8N4OS/c1-5-2-6(12-10-5)3-8-7-4-9-11-13-7/h2,4,8H,3H2,1H3.